The van der Waals surface area contributed by atoms with Crippen LogP contribution in [0.2, 0.25) is 0 Å². The lowest BCUT2D eigenvalue weighted by Crippen LogP contribution is -2.30. The molecule has 1 N–H and O–H groups in total. The second-order valence-corrected chi connectivity index (χ2v) is 6.91. The third-order valence-electron chi connectivity index (χ3n) is 2.69. The number of benzene rings is 1. The Kier molecular flexibility index (Phi) is 3.27. The molecule has 1 fully saturated rings. The topological polar surface area (TPSA) is 63.2 Å². The molecule has 1 saturated carbocycles. The molecule has 1 aromatic carbocycles. The molecule has 1 aliphatic rings. The van der Waals surface area contributed by atoms with Crippen LogP contribution in [0, 0.1) is 5.92 Å². The molecule has 2 rings (SSSR count). The lowest BCUT2D eigenvalue weighted by molar-refractivity contribution is -0.120. The van der Waals surface area contributed by atoms with Gasteiger partial charge in [0.2, 0.25) is 15.9 Å². The summed E-state index contributed by atoms with van der Waals surface area (Å²) in [6.45, 7) is 0. The summed E-state index contributed by atoms with van der Waals surface area (Å²) in [6, 6.07) is 7.72. The smallest absolute Gasteiger partial charge is 0.237 e. The van der Waals surface area contributed by atoms with Gasteiger partial charge in [0.1, 0.15) is 0 Å². The van der Waals surface area contributed by atoms with Crippen molar-refractivity contribution in [2.45, 2.75) is 12.3 Å². The SMILES string of the molecule is CS(=O)(=O)NC(=O)[C@H]1C[C@@H]1c1cccc(Br)c1. The van der Waals surface area contributed by atoms with Crippen molar-refractivity contribution in [2.24, 2.45) is 5.92 Å². The van der Waals surface area contributed by atoms with Gasteiger partial charge in [-0.05, 0) is 30.0 Å². The molecule has 0 aliphatic heterocycles. The fraction of sp³-hybridized carbons (Fsp3) is 0.364. The number of hydrogen-bond donors (Lipinski definition) is 1. The van der Waals surface area contributed by atoms with Crippen molar-refractivity contribution in [3.63, 3.8) is 0 Å². The van der Waals surface area contributed by atoms with Crippen molar-refractivity contribution in [3.05, 3.63) is 34.3 Å². The third kappa shape index (κ3) is 3.29. The Labute approximate surface area is 109 Å². The van der Waals surface area contributed by atoms with E-state index in [0.29, 0.717) is 6.42 Å². The quantitative estimate of drug-likeness (QED) is 0.921. The number of carbonyl (C=O) groups is 1. The Balaban J connectivity index is 2.04. The molecule has 92 valence electrons. The fourth-order valence-corrected chi connectivity index (χ4v) is 2.78. The number of halogens is 1. The Bertz CT molecular complexity index is 556. The van der Waals surface area contributed by atoms with E-state index in [2.05, 4.69) is 15.9 Å². The third-order valence-corrected chi connectivity index (χ3v) is 3.76. The van der Waals surface area contributed by atoms with Gasteiger partial charge in [0.05, 0.1) is 6.26 Å². The van der Waals surface area contributed by atoms with Crippen LogP contribution in [0.5, 0.6) is 0 Å². The minimum absolute atomic E-state index is 0.134. The molecule has 0 heterocycles. The summed E-state index contributed by atoms with van der Waals surface area (Å²) in [6.07, 6.45) is 1.69. The van der Waals surface area contributed by atoms with E-state index in [9.17, 15) is 13.2 Å². The van der Waals surface area contributed by atoms with Gasteiger partial charge in [-0.15, -0.1) is 0 Å². The van der Waals surface area contributed by atoms with Crippen LogP contribution in [0.25, 0.3) is 0 Å². The summed E-state index contributed by atoms with van der Waals surface area (Å²) >= 11 is 3.37. The monoisotopic (exact) mass is 317 g/mol. The average Bonchev–Trinajstić information content (AvgIpc) is 2.94. The molecule has 6 heteroatoms. The molecule has 2 atom stereocenters. The van der Waals surface area contributed by atoms with Gasteiger partial charge in [-0.1, -0.05) is 28.1 Å². The largest absolute Gasteiger partial charge is 0.274 e. The normalized spacial score (nSPS) is 23.2. The highest BCUT2D eigenvalue weighted by molar-refractivity contribution is 9.10. The van der Waals surface area contributed by atoms with Crippen LogP contribution in [0.1, 0.15) is 17.9 Å². The minimum atomic E-state index is -3.45. The maximum atomic E-state index is 11.6. The van der Waals surface area contributed by atoms with E-state index < -0.39 is 15.9 Å². The van der Waals surface area contributed by atoms with E-state index in [1.54, 1.807) is 0 Å². The first-order valence-electron chi connectivity index (χ1n) is 5.14. The first-order chi connectivity index (χ1) is 7.87. The lowest BCUT2D eigenvalue weighted by Gasteiger charge is -2.02. The second-order valence-electron chi connectivity index (χ2n) is 4.24. The predicted octanol–water partition coefficient (Wildman–Crippen LogP) is 1.63. The Morgan fingerprint density at radius 1 is 1.47 bits per heavy atom. The molecular weight excluding hydrogens is 306 g/mol. The molecule has 1 aromatic rings. The van der Waals surface area contributed by atoms with Crippen LogP contribution >= 0.6 is 15.9 Å². The van der Waals surface area contributed by atoms with Gasteiger partial charge in [0.15, 0.2) is 0 Å². The van der Waals surface area contributed by atoms with E-state index in [1.165, 1.54) is 0 Å². The zero-order chi connectivity index (χ0) is 12.6. The summed E-state index contributed by atoms with van der Waals surface area (Å²) in [7, 11) is -3.45. The zero-order valence-corrected chi connectivity index (χ0v) is 11.6. The number of hydrogen-bond acceptors (Lipinski definition) is 3. The summed E-state index contributed by atoms with van der Waals surface area (Å²) in [4.78, 5) is 11.6. The molecule has 17 heavy (non-hydrogen) atoms. The van der Waals surface area contributed by atoms with Crippen LogP contribution in [-0.2, 0) is 14.8 Å². The van der Waals surface area contributed by atoms with Crippen molar-refractivity contribution < 1.29 is 13.2 Å². The van der Waals surface area contributed by atoms with E-state index in [0.717, 1.165) is 16.3 Å². The molecule has 0 aromatic heterocycles. The average molecular weight is 318 g/mol. The van der Waals surface area contributed by atoms with Crippen LogP contribution in [-0.4, -0.2) is 20.6 Å². The van der Waals surface area contributed by atoms with E-state index in [4.69, 9.17) is 0 Å². The standard InChI is InChI=1S/C11H12BrNO3S/c1-17(15,16)13-11(14)10-6-9(10)7-3-2-4-8(12)5-7/h2-5,9-10H,6H2,1H3,(H,13,14)/t9-,10+/m1/s1. The van der Waals surface area contributed by atoms with Gasteiger partial charge in [-0.25, -0.2) is 8.42 Å². The lowest BCUT2D eigenvalue weighted by atomic mass is 10.1. The predicted molar refractivity (Wildman–Crippen MR) is 68.0 cm³/mol. The highest BCUT2D eigenvalue weighted by Gasteiger charge is 2.44. The molecule has 0 spiro atoms. The Hall–Kier alpha value is -0.880. The van der Waals surface area contributed by atoms with Crippen molar-refractivity contribution in [3.8, 4) is 0 Å². The number of amides is 1. The van der Waals surface area contributed by atoms with Gasteiger partial charge in [-0.2, -0.15) is 0 Å². The molecule has 4 nitrogen and oxygen atoms in total. The van der Waals surface area contributed by atoms with Crippen LogP contribution in [0.15, 0.2) is 28.7 Å². The fourth-order valence-electron chi connectivity index (χ4n) is 1.85. The first kappa shape index (κ1) is 12.6. The minimum Gasteiger partial charge on any atom is -0.274 e. The van der Waals surface area contributed by atoms with Crippen LogP contribution < -0.4 is 4.72 Å². The molecule has 0 radical (unpaired) electrons. The van der Waals surface area contributed by atoms with Crippen molar-refractivity contribution in [1.29, 1.82) is 0 Å². The number of rotatable bonds is 3. The van der Waals surface area contributed by atoms with Crippen molar-refractivity contribution in [2.75, 3.05) is 6.26 Å². The molecule has 0 unspecified atom stereocenters. The number of nitrogens with one attached hydrogen (secondary N) is 1. The zero-order valence-electron chi connectivity index (χ0n) is 9.18. The number of carbonyl (C=O) groups excluding carboxylic acids is 1. The second kappa shape index (κ2) is 4.42. The first-order valence-corrected chi connectivity index (χ1v) is 7.82. The van der Waals surface area contributed by atoms with Crippen LogP contribution in [0.3, 0.4) is 0 Å². The molecular formula is C11H12BrNO3S. The molecule has 1 aliphatic carbocycles. The van der Waals surface area contributed by atoms with Crippen molar-refractivity contribution >= 4 is 31.9 Å². The number of sulfonamides is 1. The highest BCUT2D eigenvalue weighted by Crippen LogP contribution is 2.47. The van der Waals surface area contributed by atoms with Crippen molar-refractivity contribution in [1.82, 2.24) is 4.72 Å². The van der Waals surface area contributed by atoms with Crippen LogP contribution in [0.4, 0.5) is 0 Å². The summed E-state index contributed by atoms with van der Waals surface area (Å²) in [5, 5.41) is 0. The maximum Gasteiger partial charge on any atom is 0.237 e. The summed E-state index contributed by atoms with van der Waals surface area (Å²) < 4.78 is 24.8. The van der Waals surface area contributed by atoms with E-state index in [1.807, 2.05) is 29.0 Å². The van der Waals surface area contributed by atoms with E-state index >= 15 is 0 Å². The Morgan fingerprint density at radius 2 is 2.18 bits per heavy atom. The van der Waals surface area contributed by atoms with Gasteiger partial charge in [0, 0.05) is 10.4 Å². The van der Waals surface area contributed by atoms with Gasteiger partial charge >= 0.3 is 0 Å². The molecule has 1 amide bonds. The van der Waals surface area contributed by atoms with E-state index in [-0.39, 0.29) is 11.8 Å². The van der Waals surface area contributed by atoms with Gasteiger partial charge in [-0.3, -0.25) is 9.52 Å². The maximum absolute atomic E-state index is 11.6. The summed E-state index contributed by atoms with van der Waals surface area (Å²) in [5.74, 6) is -0.495. The Morgan fingerprint density at radius 3 is 2.76 bits per heavy atom. The molecule has 0 bridgehead atoms. The van der Waals surface area contributed by atoms with Gasteiger partial charge in [0.25, 0.3) is 0 Å². The highest BCUT2D eigenvalue weighted by atomic mass is 79.9. The summed E-state index contributed by atoms with van der Waals surface area (Å²) in [5.41, 5.74) is 1.06. The molecule has 0 saturated heterocycles. The van der Waals surface area contributed by atoms with Gasteiger partial charge < -0.3 is 0 Å².